The van der Waals surface area contributed by atoms with Crippen LogP contribution in [0.1, 0.15) is 5.56 Å². The minimum atomic E-state index is 0.532. The summed E-state index contributed by atoms with van der Waals surface area (Å²) in [5, 5.41) is 1.69. The summed E-state index contributed by atoms with van der Waals surface area (Å²) in [6, 6.07) is 15.6. The lowest BCUT2D eigenvalue weighted by atomic mass is 10.2. The van der Waals surface area contributed by atoms with E-state index >= 15 is 0 Å². The SMILES string of the molecule is Clc1ccccc1CCOc1ncnc2ccccc12. The van der Waals surface area contributed by atoms with Gasteiger partial charge in [0.05, 0.1) is 17.5 Å². The zero-order valence-corrected chi connectivity index (χ0v) is 11.5. The van der Waals surface area contributed by atoms with Crippen LogP contribution in [0.4, 0.5) is 0 Å². The molecule has 1 heterocycles. The molecule has 20 heavy (non-hydrogen) atoms. The number of halogens is 1. The molecule has 0 radical (unpaired) electrons. The van der Waals surface area contributed by atoms with E-state index in [4.69, 9.17) is 16.3 Å². The van der Waals surface area contributed by atoms with E-state index in [0.29, 0.717) is 12.5 Å². The van der Waals surface area contributed by atoms with E-state index in [2.05, 4.69) is 9.97 Å². The molecular formula is C16H13ClN2O. The van der Waals surface area contributed by atoms with E-state index < -0.39 is 0 Å². The van der Waals surface area contributed by atoms with Crippen molar-refractivity contribution >= 4 is 22.5 Å². The second-order valence-electron chi connectivity index (χ2n) is 4.39. The Hall–Kier alpha value is -2.13. The van der Waals surface area contributed by atoms with Crippen LogP contribution in [0.25, 0.3) is 10.9 Å². The highest BCUT2D eigenvalue weighted by Gasteiger charge is 2.05. The second-order valence-corrected chi connectivity index (χ2v) is 4.79. The van der Waals surface area contributed by atoms with Crippen LogP contribution in [-0.4, -0.2) is 16.6 Å². The average Bonchev–Trinajstić information content (AvgIpc) is 2.49. The molecule has 3 rings (SSSR count). The Balaban J connectivity index is 1.73. The summed E-state index contributed by atoms with van der Waals surface area (Å²) in [5.74, 6) is 0.614. The van der Waals surface area contributed by atoms with Crippen molar-refractivity contribution in [3.05, 3.63) is 65.4 Å². The molecule has 0 aliphatic heterocycles. The molecule has 0 aliphatic carbocycles. The predicted molar refractivity (Wildman–Crippen MR) is 80.2 cm³/mol. The van der Waals surface area contributed by atoms with E-state index in [1.165, 1.54) is 6.33 Å². The number of nitrogens with zero attached hydrogens (tertiary/aromatic N) is 2. The van der Waals surface area contributed by atoms with Crippen molar-refractivity contribution < 1.29 is 4.74 Å². The smallest absolute Gasteiger partial charge is 0.224 e. The Bertz CT molecular complexity index is 725. The van der Waals surface area contributed by atoms with Gasteiger partial charge in [-0.15, -0.1) is 0 Å². The molecule has 0 atom stereocenters. The monoisotopic (exact) mass is 284 g/mol. The van der Waals surface area contributed by atoms with Crippen LogP contribution in [0, 0.1) is 0 Å². The zero-order valence-electron chi connectivity index (χ0n) is 10.8. The van der Waals surface area contributed by atoms with E-state index in [1.54, 1.807) is 0 Å². The molecule has 0 spiro atoms. The Morgan fingerprint density at radius 2 is 1.75 bits per heavy atom. The molecule has 3 aromatic rings. The van der Waals surface area contributed by atoms with E-state index in [1.807, 2.05) is 48.5 Å². The lowest BCUT2D eigenvalue weighted by Crippen LogP contribution is -2.03. The Labute approximate surface area is 122 Å². The lowest BCUT2D eigenvalue weighted by molar-refractivity contribution is 0.313. The van der Waals surface area contributed by atoms with Gasteiger partial charge in [0.2, 0.25) is 5.88 Å². The van der Waals surface area contributed by atoms with Gasteiger partial charge in [0.1, 0.15) is 6.33 Å². The first-order valence-electron chi connectivity index (χ1n) is 6.40. The molecule has 0 saturated heterocycles. The van der Waals surface area contributed by atoms with Crippen molar-refractivity contribution in [2.75, 3.05) is 6.61 Å². The molecular weight excluding hydrogens is 272 g/mol. The van der Waals surface area contributed by atoms with Crippen LogP contribution in [-0.2, 0) is 6.42 Å². The summed E-state index contributed by atoms with van der Waals surface area (Å²) in [7, 11) is 0. The molecule has 0 saturated carbocycles. The standard InChI is InChI=1S/C16H13ClN2O/c17-14-7-3-1-5-12(14)9-10-20-16-13-6-2-4-8-15(13)18-11-19-16/h1-8,11H,9-10H2. The zero-order chi connectivity index (χ0) is 13.8. The van der Waals surface area contributed by atoms with Crippen molar-refractivity contribution in [1.29, 1.82) is 0 Å². The molecule has 0 aliphatic rings. The van der Waals surface area contributed by atoms with Gasteiger partial charge in [-0.1, -0.05) is 41.9 Å². The second kappa shape index (κ2) is 5.88. The number of rotatable bonds is 4. The van der Waals surface area contributed by atoms with Gasteiger partial charge in [0, 0.05) is 11.4 Å². The fraction of sp³-hybridized carbons (Fsp3) is 0.125. The van der Waals surface area contributed by atoms with Crippen LogP contribution in [0.5, 0.6) is 5.88 Å². The summed E-state index contributed by atoms with van der Waals surface area (Å²) in [5.41, 5.74) is 1.96. The van der Waals surface area contributed by atoms with Crippen LogP contribution >= 0.6 is 11.6 Å². The molecule has 2 aromatic carbocycles. The lowest BCUT2D eigenvalue weighted by Gasteiger charge is -2.08. The molecule has 0 amide bonds. The third-order valence-corrected chi connectivity index (χ3v) is 3.44. The third-order valence-electron chi connectivity index (χ3n) is 3.07. The first-order chi connectivity index (χ1) is 9.84. The highest BCUT2D eigenvalue weighted by atomic mass is 35.5. The molecule has 0 unspecified atom stereocenters. The number of para-hydroxylation sites is 1. The minimum absolute atomic E-state index is 0.532. The van der Waals surface area contributed by atoms with Crippen molar-refractivity contribution in [3.8, 4) is 5.88 Å². The van der Waals surface area contributed by atoms with Gasteiger partial charge < -0.3 is 4.74 Å². The van der Waals surface area contributed by atoms with E-state index in [9.17, 15) is 0 Å². The molecule has 3 nitrogen and oxygen atoms in total. The maximum atomic E-state index is 6.12. The third kappa shape index (κ3) is 2.73. The average molecular weight is 285 g/mol. The Morgan fingerprint density at radius 1 is 0.950 bits per heavy atom. The largest absolute Gasteiger partial charge is 0.477 e. The molecule has 0 fully saturated rings. The molecule has 4 heteroatoms. The van der Waals surface area contributed by atoms with Crippen molar-refractivity contribution in [1.82, 2.24) is 9.97 Å². The summed E-state index contributed by atoms with van der Waals surface area (Å²) in [6.07, 6.45) is 2.27. The molecule has 1 aromatic heterocycles. The molecule has 0 bridgehead atoms. The van der Waals surface area contributed by atoms with Crippen molar-refractivity contribution in [2.45, 2.75) is 6.42 Å². The summed E-state index contributed by atoms with van der Waals surface area (Å²) in [4.78, 5) is 8.40. The van der Waals surface area contributed by atoms with Gasteiger partial charge in [-0.05, 0) is 23.8 Å². The van der Waals surface area contributed by atoms with Gasteiger partial charge in [-0.25, -0.2) is 9.97 Å². The fourth-order valence-corrected chi connectivity index (χ4v) is 2.28. The highest BCUT2D eigenvalue weighted by Crippen LogP contribution is 2.21. The summed E-state index contributed by atoms with van der Waals surface area (Å²) in [6.45, 7) is 0.532. The molecule has 100 valence electrons. The number of benzene rings is 2. The predicted octanol–water partition coefficient (Wildman–Crippen LogP) is 3.90. The summed E-state index contributed by atoms with van der Waals surface area (Å²) < 4.78 is 5.77. The van der Waals surface area contributed by atoms with Gasteiger partial charge >= 0.3 is 0 Å². The number of aromatic nitrogens is 2. The first kappa shape index (κ1) is 12.9. The topological polar surface area (TPSA) is 35.0 Å². The summed E-state index contributed by atoms with van der Waals surface area (Å²) >= 11 is 6.12. The van der Waals surface area contributed by atoms with Crippen LogP contribution in [0.2, 0.25) is 5.02 Å². The Kier molecular flexibility index (Phi) is 3.79. The maximum Gasteiger partial charge on any atom is 0.224 e. The van der Waals surface area contributed by atoms with E-state index in [0.717, 1.165) is 27.9 Å². The normalized spacial score (nSPS) is 10.7. The van der Waals surface area contributed by atoms with Gasteiger partial charge in [0.15, 0.2) is 0 Å². The number of hydrogen-bond donors (Lipinski definition) is 0. The van der Waals surface area contributed by atoms with E-state index in [-0.39, 0.29) is 0 Å². The van der Waals surface area contributed by atoms with Crippen LogP contribution in [0.15, 0.2) is 54.9 Å². The fourth-order valence-electron chi connectivity index (χ4n) is 2.05. The number of hydrogen-bond acceptors (Lipinski definition) is 3. The quantitative estimate of drug-likeness (QED) is 0.729. The van der Waals surface area contributed by atoms with Crippen LogP contribution in [0.3, 0.4) is 0 Å². The van der Waals surface area contributed by atoms with Gasteiger partial charge in [0.25, 0.3) is 0 Å². The Morgan fingerprint density at radius 3 is 2.65 bits per heavy atom. The van der Waals surface area contributed by atoms with Crippen molar-refractivity contribution in [2.24, 2.45) is 0 Å². The number of fused-ring (bicyclic) bond motifs is 1. The number of ether oxygens (including phenoxy) is 1. The molecule has 0 N–H and O–H groups in total. The highest BCUT2D eigenvalue weighted by molar-refractivity contribution is 6.31. The van der Waals surface area contributed by atoms with Crippen molar-refractivity contribution in [3.63, 3.8) is 0 Å². The maximum absolute atomic E-state index is 6.12. The van der Waals surface area contributed by atoms with Crippen LogP contribution < -0.4 is 4.74 Å². The minimum Gasteiger partial charge on any atom is -0.477 e. The van der Waals surface area contributed by atoms with Gasteiger partial charge in [-0.2, -0.15) is 0 Å². The van der Waals surface area contributed by atoms with Gasteiger partial charge in [-0.3, -0.25) is 0 Å². The first-order valence-corrected chi connectivity index (χ1v) is 6.78.